The van der Waals surface area contributed by atoms with Gasteiger partial charge in [-0.1, -0.05) is 36.0 Å². The number of thioether (sulfide) groups is 1. The Kier molecular flexibility index (Phi) is 6.14. The summed E-state index contributed by atoms with van der Waals surface area (Å²) in [5.74, 6) is 3.46. The molecule has 0 unspecified atom stereocenters. The number of nitrogens with zero attached hydrogens (tertiary/aromatic N) is 4. The van der Waals surface area contributed by atoms with Gasteiger partial charge in [0.15, 0.2) is 18.1 Å². The third-order valence-electron chi connectivity index (χ3n) is 3.99. The number of hydrogen-bond acceptors (Lipinski definition) is 10. The van der Waals surface area contributed by atoms with Crippen molar-refractivity contribution in [3.63, 3.8) is 0 Å². The van der Waals surface area contributed by atoms with Gasteiger partial charge in [-0.2, -0.15) is 0 Å². The third kappa shape index (κ3) is 4.54. The quantitative estimate of drug-likeness (QED) is 0.364. The first-order chi connectivity index (χ1) is 14.8. The molecule has 9 nitrogen and oxygen atoms in total. The van der Waals surface area contributed by atoms with Crippen LogP contribution in [0, 0.1) is 0 Å². The van der Waals surface area contributed by atoms with Crippen molar-refractivity contribution in [3.8, 4) is 28.7 Å². The average Bonchev–Trinajstić information content (AvgIpc) is 3.46. The van der Waals surface area contributed by atoms with Crippen LogP contribution < -0.4 is 14.2 Å². The predicted molar refractivity (Wildman–Crippen MR) is 107 cm³/mol. The van der Waals surface area contributed by atoms with Crippen molar-refractivity contribution < 1.29 is 23.0 Å². The monoisotopic (exact) mass is 426 g/mol. The van der Waals surface area contributed by atoms with E-state index in [9.17, 15) is 0 Å². The van der Waals surface area contributed by atoms with Crippen LogP contribution in [0.5, 0.6) is 17.2 Å². The lowest BCUT2D eigenvalue weighted by Gasteiger charge is -2.07. The van der Waals surface area contributed by atoms with Crippen molar-refractivity contribution in [2.75, 3.05) is 14.2 Å². The van der Waals surface area contributed by atoms with Crippen LogP contribution in [-0.4, -0.2) is 34.6 Å². The van der Waals surface area contributed by atoms with Gasteiger partial charge >= 0.3 is 0 Å². The van der Waals surface area contributed by atoms with Gasteiger partial charge < -0.3 is 23.0 Å². The Bertz CT molecular complexity index is 1110. The van der Waals surface area contributed by atoms with Crippen LogP contribution in [0.3, 0.4) is 0 Å². The SMILES string of the molecule is COc1ccccc1OCc1nnc(SCc2nnc(-c3ccccc3OC)o2)o1. The number of ether oxygens (including phenoxy) is 3. The minimum absolute atomic E-state index is 0.131. The van der Waals surface area contributed by atoms with E-state index in [0.717, 1.165) is 5.56 Å². The molecule has 0 bridgehead atoms. The molecule has 4 rings (SSSR count). The summed E-state index contributed by atoms with van der Waals surface area (Å²) in [6.07, 6.45) is 0. The fourth-order valence-electron chi connectivity index (χ4n) is 2.60. The maximum absolute atomic E-state index is 5.72. The zero-order valence-electron chi connectivity index (χ0n) is 16.3. The van der Waals surface area contributed by atoms with Crippen molar-refractivity contribution in [1.82, 2.24) is 20.4 Å². The summed E-state index contributed by atoms with van der Waals surface area (Å²) in [6, 6.07) is 14.8. The van der Waals surface area contributed by atoms with Crippen LogP contribution in [0.2, 0.25) is 0 Å². The van der Waals surface area contributed by atoms with Crippen molar-refractivity contribution in [2.45, 2.75) is 17.6 Å². The highest BCUT2D eigenvalue weighted by Crippen LogP contribution is 2.30. The summed E-state index contributed by atoms with van der Waals surface area (Å²) in [5.41, 5.74) is 0.734. The molecule has 154 valence electrons. The number of aromatic nitrogens is 4. The maximum Gasteiger partial charge on any atom is 0.277 e. The van der Waals surface area contributed by atoms with Gasteiger partial charge in [-0.3, -0.25) is 0 Å². The highest BCUT2D eigenvalue weighted by atomic mass is 32.2. The molecule has 2 aromatic carbocycles. The largest absolute Gasteiger partial charge is 0.496 e. The van der Waals surface area contributed by atoms with Crippen LogP contribution in [0.4, 0.5) is 0 Å². The Balaban J connectivity index is 1.34. The molecular formula is C20H18N4O5S. The molecule has 0 saturated carbocycles. The van der Waals surface area contributed by atoms with Gasteiger partial charge in [0, 0.05) is 0 Å². The second kappa shape index (κ2) is 9.31. The van der Waals surface area contributed by atoms with Gasteiger partial charge in [-0.15, -0.1) is 20.4 Å². The van der Waals surface area contributed by atoms with Gasteiger partial charge in [0.1, 0.15) is 5.75 Å². The van der Waals surface area contributed by atoms with Gasteiger partial charge in [0.05, 0.1) is 25.5 Å². The summed E-state index contributed by atoms with van der Waals surface area (Å²) in [6.45, 7) is 0.131. The maximum atomic E-state index is 5.72. The summed E-state index contributed by atoms with van der Waals surface area (Å²) in [5, 5.41) is 16.5. The summed E-state index contributed by atoms with van der Waals surface area (Å²) >= 11 is 1.29. The minimum atomic E-state index is 0.131. The van der Waals surface area contributed by atoms with E-state index in [4.69, 9.17) is 23.0 Å². The molecular weight excluding hydrogens is 408 g/mol. The van der Waals surface area contributed by atoms with Crippen LogP contribution >= 0.6 is 11.8 Å². The van der Waals surface area contributed by atoms with E-state index in [2.05, 4.69) is 20.4 Å². The Morgan fingerprint density at radius 1 is 0.767 bits per heavy atom. The fraction of sp³-hybridized carbons (Fsp3) is 0.200. The van der Waals surface area contributed by atoms with Gasteiger partial charge in [-0.25, -0.2) is 0 Å². The molecule has 4 aromatic rings. The van der Waals surface area contributed by atoms with Crippen LogP contribution in [0.1, 0.15) is 11.8 Å². The number of benzene rings is 2. The van der Waals surface area contributed by atoms with E-state index >= 15 is 0 Å². The number of para-hydroxylation sites is 3. The zero-order valence-corrected chi connectivity index (χ0v) is 17.1. The number of rotatable bonds is 9. The molecule has 0 spiro atoms. The van der Waals surface area contributed by atoms with Crippen molar-refractivity contribution >= 4 is 11.8 Å². The first kappa shape index (κ1) is 19.8. The first-order valence-electron chi connectivity index (χ1n) is 8.93. The van der Waals surface area contributed by atoms with Crippen molar-refractivity contribution in [1.29, 1.82) is 0 Å². The molecule has 0 aliphatic carbocycles. The molecule has 0 aliphatic heterocycles. The second-order valence-corrected chi connectivity index (χ2v) is 6.82. The summed E-state index contributed by atoms with van der Waals surface area (Å²) < 4.78 is 27.6. The van der Waals surface area contributed by atoms with E-state index in [1.54, 1.807) is 20.3 Å². The highest BCUT2D eigenvalue weighted by molar-refractivity contribution is 7.98. The lowest BCUT2D eigenvalue weighted by molar-refractivity contribution is 0.241. The van der Waals surface area contributed by atoms with Crippen molar-refractivity contribution in [3.05, 3.63) is 60.3 Å². The van der Waals surface area contributed by atoms with E-state index < -0.39 is 0 Å². The number of hydrogen-bond donors (Lipinski definition) is 0. The molecule has 0 aliphatic rings. The lowest BCUT2D eigenvalue weighted by atomic mass is 10.2. The molecule has 30 heavy (non-hydrogen) atoms. The standard InChI is InChI=1S/C20H18N4O5S/c1-25-14-8-4-3-7-13(14)19-23-22-18(28-19)12-30-20-24-21-17(29-20)11-27-16-10-6-5-9-15(16)26-2/h3-10H,11-12H2,1-2H3. The van der Waals surface area contributed by atoms with Crippen LogP contribution in [0.25, 0.3) is 11.5 Å². The molecule has 0 fully saturated rings. The summed E-state index contributed by atoms with van der Waals surface area (Å²) in [4.78, 5) is 0. The lowest BCUT2D eigenvalue weighted by Crippen LogP contribution is -1.97. The molecule has 0 amide bonds. The van der Waals surface area contributed by atoms with Gasteiger partial charge in [-0.05, 0) is 24.3 Å². The minimum Gasteiger partial charge on any atom is -0.496 e. The molecule has 10 heteroatoms. The topological polar surface area (TPSA) is 106 Å². The summed E-state index contributed by atoms with van der Waals surface area (Å²) in [7, 11) is 3.18. The van der Waals surface area contributed by atoms with Gasteiger partial charge in [0.2, 0.25) is 5.89 Å². The first-order valence-corrected chi connectivity index (χ1v) is 9.92. The smallest absolute Gasteiger partial charge is 0.277 e. The van der Waals surface area contributed by atoms with E-state index in [0.29, 0.717) is 45.9 Å². The fourth-order valence-corrected chi connectivity index (χ4v) is 3.22. The molecule has 0 N–H and O–H groups in total. The second-order valence-electron chi connectivity index (χ2n) is 5.89. The Labute approximate surface area is 176 Å². The van der Waals surface area contributed by atoms with Gasteiger partial charge in [0.25, 0.3) is 17.0 Å². The molecule has 0 atom stereocenters. The van der Waals surface area contributed by atoms with Crippen LogP contribution in [0.15, 0.2) is 62.6 Å². The highest BCUT2D eigenvalue weighted by Gasteiger charge is 2.15. The molecule has 2 aromatic heterocycles. The Hall–Kier alpha value is -3.53. The number of methoxy groups -OCH3 is 2. The molecule has 0 saturated heterocycles. The van der Waals surface area contributed by atoms with Crippen LogP contribution in [-0.2, 0) is 12.4 Å². The average molecular weight is 426 g/mol. The van der Waals surface area contributed by atoms with Crippen molar-refractivity contribution in [2.24, 2.45) is 0 Å². The van der Waals surface area contributed by atoms with E-state index in [1.165, 1.54) is 11.8 Å². The zero-order chi connectivity index (χ0) is 20.8. The normalized spacial score (nSPS) is 10.7. The Morgan fingerprint density at radius 2 is 1.47 bits per heavy atom. The molecule has 0 radical (unpaired) electrons. The predicted octanol–water partition coefficient (Wildman–Crippen LogP) is 4.01. The van der Waals surface area contributed by atoms with E-state index in [1.807, 2.05) is 42.5 Å². The third-order valence-corrected chi connectivity index (χ3v) is 4.80. The Morgan fingerprint density at radius 3 is 2.27 bits per heavy atom. The molecule has 2 heterocycles. The van der Waals surface area contributed by atoms with E-state index in [-0.39, 0.29) is 6.61 Å².